The Morgan fingerprint density at radius 3 is 2.29 bits per heavy atom. The molecule has 0 aliphatic heterocycles. The first-order valence-corrected chi connectivity index (χ1v) is 5.32. The van der Waals surface area contributed by atoms with Gasteiger partial charge in [0.15, 0.2) is 0 Å². The summed E-state index contributed by atoms with van der Waals surface area (Å²) in [6, 6.07) is 8.00. The molecule has 1 aliphatic rings. The van der Waals surface area contributed by atoms with Gasteiger partial charge in [-0.25, -0.2) is 0 Å². The summed E-state index contributed by atoms with van der Waals surface area (Å²) in [5, 5.41) is 3.59. The zero-order valence-corrected chi connectivity index (χ0v) is 8.72. The lowest BCUT2D eigenvalue weighted by molar-refractivity contribution is 0.533. The fourth-order valence-corrected chi connectivity index (χ4v) is 2.20. The maximum atomic E-state index is 5.64. The van der Waals surface area contributed by atoms with Gasteiger partial charge in [0.25, 0.3) is 0 Å². The fraction of sp³-hybridized carbons (Fsp3) is 0.500. The average Bonchev–Trinajstić information content (AvgIpc) is 2.57. The molecule has 0 unspecified atom stereocenters. The Kier molecular flexibility index (Phi) is 2.36. The smallest absolute Gasteiger partial charge is 0.0345 e. The van der Waals surface area contributed by atoms with Crippen LogP contribution >= 0.6 is 0 Å². The molecule has 2 nitrogen and oxygen atoms in total. The number of hydrogen-bond acceptors (Lipinski definition) is 2. The van der Waals surface area contributed by atoms with Gasteiger partial charge in [-0.3, -0.25) is 0 Å². The maximum Gasteiger partial charge on any atom is 0.0345 e. The number of nitrogens with one attached hydrogen (secondary N) is 1. The van der Waals surface area contributed by atoms with Crippen LogP contribution in [-0.4, -0.2) is 5.54 Å². The number of rotatable bonds is 2. The summed E-state index contributed by atoms with van der Waals surface area (Å²) in [5.41, 5.74) is 7.95. The first-order valence-electron chi connectivity index (χ1n) is 5.32. The molecular weight excluding hydrogens is 172 g/mol. The van der Waals surface area contributed by atoms with E-state index in [1.165, 1.54) is 31.4 Å². The van der Waals surface area contributed by atoms with Gasteiger partial charge in [0.2, 0.25) is 0 Å². The van der Waals surface area contributed by atoms with Crippen LogP contribution < -0.4 is 11.1 Å². The lowest BCUT2D eigenvalue weighted by Gasteiger charge is -2.26. The molecule has 0 spiro atoms. The first-order chi connectivity index (χ1) is 6.68. The zero-order chi connectivity index (χ0) is 10.0. The molecule has 3 N–H and O–H groups in total. The molecule has 14 heavy (non-hydrogen) atoms. The van der Waals surface area contributed by atoms with Crippen molar-refractivity contribution in [2.75, 3.05) is 11.1 Å². The minimum atomic E-state index is 0.302. The number of anilines is 2. The largest absolute Gasteiger partial charge is 0.399 e. The molecule has 0 radical (unpaired) electrons. The highest BCUT2D eigenvalue weighted by atomic mass is 15.0. The third-order valence-electron chi connectivity index (χ3n) is 3.06. The SMILES string of the molecule is CC1(Nc2ccc(N)cc2)CCCC1. The summed E-state index contributed by atoms with van der Waals surface area (Å²) in [6.07, 6.45) is 5.24. The van der Waals surface area contributed by atoms with Gasteiger partial charge in [-0.1, -0.05) is 12.8 Å². The molecule has 1 saturated carbocycles. The number of nitrogen functional groups attached to an aromatic ring is 1. The molecule has 1 aliphatic carbocycles. The van der Waals surface area contributed by atoms with Crippen molar-refractivity contribution in [3.05, 3.63) is 24.3 Å². The van der Waals surface area contributed by atoms with E-state index in [-0.39, 0.29) is 0 Å². The highest BCUT2D eigenvalue weighted by Crippen LogP contribution is 2.32. The Morgan fingerprint density at radius 2 is 1.71 bits per heavy atom. The van der Waals surface area contributed by atoms with Crippen LogP contribution in [0, 0.1) is 0 Å². The van der Waals surface area contributed by atoms with Crippen molar-refractivity contribution < 1.29 is 0 Å². The molecule has 0 heterocycles. The van der Waals surface area contributed by atoms with Crippen molar-refractivity contribution in [2.45, 2.75) is 38.1 Å². The molecule has 1 aromatic rings. The van der Waals surface area contributed by atoms with Crippen LogP contribution in [0.4, 0.5) is 11.4 Å². The summed E-state index contributed by atoms with van der Waals surface area (Å²) in [4.78, 5) is 0. The van der Waals surface area contributed by atoms with Crippen LogP contribution in [0.1, 0.15) is 32.6 Å². The van der Waals surface area contributed by atoms with Crippen molar-refractivity contribution >= 4 is 11.4 Å². The number of benzene rings is 1. The van der Waals surface area contributed by atoms with Crippen LogP contribution in [0.3, 0.4) is 0 Å². The monoisotopic (exact) mass is 190 g/mol. The van der Waals surface area contributed by atoms with E-state index in [0.29, 0.717) is 5.54 Å². The number of hydrogen-bond donors (Lipinski definition) is 2. The normalized spacial score (nSPS) is 19.5. The van der Waals surface area contributed by atoms with Gasteiger partial charge in [-0.05, 0) is 44.0 Å². The van der Waals surface area contributed by atoms with Gasteiger partial charge in [-0.2, -0.15) is 0 Å². The third kappa shape index (κ3) is 2.00. The van der Waals surface area contributed by atoms with E-state index < -0.39 is 0 Å². The summed E-state index contributed by atoms with van der Waals surface area (Å²) >= 11 is 0. The zero-order valence-electron chi connectivity index (χ0n) is 8.72. The van der Waals surface area contributed by atoms with Crippen molar-refractivity contribution in [3.8, 4) is 0 Å². The maximum absolute atomic E-state index is 5.64. The highest BCUT2D eigenvalue weighted by Gasteiger charge is 2.27. The van der Waals surface area contributed by atoms with Crippen LogP contribution in [0.2, 0.25) is 0 Å². The van der Waals surface area contributed by atoms with Gasteiger partial charge in [0, 0.05) is 16.9 Å². The Bertz CT molecular complexity index is 297. The Hall–Kier alpha value is -1.18. The second-order valence-corrected chi connectivity index (χ2v) is 4.51. The van der Waals surface area contributed by atoms with Crippen molar-refractivity contribution in [2.24, 2.45) is 0 Å². The van der Waals surface area contributed by atoms with Crippen LogP contribution in [0.15, 0.2) is 24.3 Å². The summed E-state index contributed by atoms with van der Waals surface area (Å²) < 4.78 is 0. The Balaban J connectivity index is 2.06. The average molecular weight is 190 g/mol. The standard InChI is InChI=1S/C12H18N2/c1-12(8-2-3-9-12)14-11-6-4-10(13)5-7-11/h4-7,14H,2-3,8-9,13H2,1H3. The Morgan fingerprint density at radius 1 is 1.14 bits per heavy atom. The predicted octanol–water partition coefficient (Wildman–Crippen LogP) is 3.01. The molecule has 2 rings (SSSR count). The van der Waals surface area contributed by atoms with Crippen LogP contribution in [0.5, 0.6) is 0 Å². The Labute approximate surface area is 85.5 Å². The van der Waals surface area contributed by atoms with Crippen molar-refractivity contribution in [1.82, 2.24) is 0 Å². The minimum absolute atomic E-state index is 0.302. The molecule has 0 bridgehead atoms. The van der Waals surface area contributed by atoms with Gasteiger partial charge in [-0.15, -0.1) is 0 Å². The van der Waals surface area contributed by atoms with E-state index in [9.17, 15) is 0 Å². The minimum Gasteiger partial charge on any atom is -0.399 e. The first kappa shape index (κ1) is 9.38. The molecule has 1 aromatic carbocycles. The van der Waals surface area contributed by atoms with E-state index in [0.717, 1.165) is 5.69 Å². The molecule has 0 saturated heterocycles. The lowest BCUT2D eigenvalue weighted by Crippen LogP contribution is -2.30. The van der Waals surface area contributed by atoms with Crippen LogP contribution in [0.25, 0.3) is 0 Å². The topological polar surface area (TPSA) is 38.0 Å². The second kappa shape index (κ2) is 3.52. The quantitative estimate of drug-likeness (QED) is 0.703. The molecule has 0 aromatic heterocycles. The molecule has 0 atom stereocenters. The van der Waals surface area contributed by atoms with Crippen molar-refractivity contribution in [3.63, 3.8) is 0 Å². The molecule has 2 heteroatoms. The second-order valence-electron chi connectivity index (χ2n) is 4.51. The summed E-state index contributed by atoms with van der Waals surface area (Å²) in [6.45, 7) is 2.30. The van der Waals surface area contributed by atoms with Crippen molar-refractivity contribution in [1.29, 1.82) is 0 Å². The third-order valence-corrected chi connectivity index (χ3v) is 3.06. The van der Waals surface area contributed by atoms with Gasteiger partial charge in [0.05, 0.1) is 0 Å². The molecule has 1 fully saturated rings. The van der Waals surface area contributed by atoms with Gasteiger partial charge < -0.3 is 11.1 Å². The highest BCUT2D eigenvalue weighted by molar-refractivity contribution is 5.52. The van der Waals surface area contributed by atoms with E-state index >= 15 is 0 Å². The lowest BCUT2D eigenvalue weighted by atomic mass is 10.0. The van der Waals surface area contributed by atoms with Crippen LogP contribution in [-0.2, 0) is 0 Å². The van der Waals surface area contributed by atoms with E-state index in [2.05, 4.69) is 24.4 Å². The fourth-order valence-electron chi connectivity index (χ4n) is 2.20. The van der Waals surface area contributed by atoms with E-state index in [4.69, 9.17) is 5.73 Å². The predicted molar refractivity (Wildman–Crippen MR) is 61.4 cm³/mol. The summed E-state index contributed by atoms with van der Waals surface area (Å²) in [7, 11) is 0. The molecular formula is C12H18N2. The molecule has 0 amide bonds. The van der Waals surface area contributed by atoms with Gasteiger partial charge >= 0.3 is 0 Å². The molecule has 76 valence electrons. The van der Waals surface area contributed by atoms with E-state index in [1.54, 1.807) is 0 Å². The van der Waals surface area contributed by atoms with E-state index in [1.807, 2.05) is 12.1 Å². The summed E-state index contributed by atoms with van der Waals surface area (Å²) in [5.74, 6) is 0. The number of nitrogens with two attached hydrogens (primary N) is 1. The van der Waals surface area contributed by atoms with Gasteiger partial charge in [0.1, 0.15) is 0 Å².